The Labute approximate surface area is 163 Å². The van der Waals surface area contributed by atoms with Crippen molar-refractivity contribution in [2.24, 2.45) is 0 Å². The number of rotatable bonds is 8. The lowest BCUT2D eigenvalue weighted by Gasteiger charge is -2.13. The maximum absolute atomic E-state index is 12.6. The van der Waals surface area contributed by atoms with Gasteiger partial charge < -0.3 is 14.5 Å². The van der Waals surface area contributed by atoms with Gasteiger partial charge in [0.1, 0.15) is 5.75 Å². The van der Waals surface area contributed by atoms with Crippen LogP contribution in [0.25, 0.3) is 0 Å². The molecule has 0 amide bonds. The van der Waals surface area contributed by atoms with Gasteiger partial charge >= 0.3 is 5.97 Å². The van der Waals surface area contributed by atoms with Crippen molar-refractivity contribution < 1.29 is 28.7 Å². The minimum absolute atomic E-state index is 0.0684. The number of ketones is 3. The molecular formula is C21H23NO6. The number of benzene rings is 1. The summed E-state index contributed by atoms with van der Waals surface area (Å²) in [5, 5.41) is 0. The molecule has 7 heteroatoms. The molecule has 7 nitrogen and oxygen atoms in total. The van der Waals surface area contributed by atoms with Gasteiger partial charge in [-0.15, -0.1) is 0 Å². The van der Waals surface area contributed by atoms with Gasteiger partial charge in [-0.05, 0) is 64.4 Å². The fourth-order valence-corrected chi connectivity index (χ4v) is 2.94. The molecule has 1 N–H and O–H groups in total. The molecule has 0 saturated heterocycles. The van der Waals surface area contributed by atoms with Crippen LogP contribution in [-0.4, -0.2) is 41.0 Å². The average molecular weight is 385 g/mol. The summed E-state index contributed by atoms with van der Waals surface area (Å²) in [6.07, 6.45) is -1.03. The summed E-state index contributed by atoms with van der Waals surface area (Å²) in [5.41, 5.74) is 2.41. The van der Waals surface area contributed by atoms with E-state index in [1.54, 1.807) is 38.1 Å². The van der Waals surface area contributed by atoms with E-state index in [1.165, 1.54) is 20.8 Å². The lowest BCUT2D eigenvalue weighted by molar-refractivity contribution is -0.148. The number of hydrogen-bond acceptors (Lipinski definition) is 6. The molecule has 2 aromatic rings. The molecule has 0 radical (unpaired) electrons. The first kappa shape index (κ1) is 21.1. The second kappa shape index (κ2) is 8.65. The van der Waals surface area contributed by atoms with Crippen LogP contribution in [0, 0.1) is 13.8 Å². The molecule has 1 heterocycles. The highest BCUT2D eigenvalue weighted by Crippen LogP contribution is 2.20. The second-order valence-electron chi connectivity index (χ2n) is 6.55. The number of aromatic nitrogens is 1. The van der Waals surface area contributed by atoms with Crippen molar-refractivity contribution in [1.29, 1.82) is 0 Å². The Morgan fingerprint density at radius 2 is 1.61 bits per heavy atom. The molecule has 1 aromatic heterocycles. The Kier molecular flexibility index (Phi) is 6.51. The lowest BCUT2D eigenvalue weighted by Crippen LogP contribution is -2.28. The predicted octanol–water partition coefficient (Wildman–Crippen LogP) is 3.23. The molecule has 148 valence electrons. The number of ether oxygens (including phenoxy) is 2. The van der Waals surface area contributed by atoms with E-state index < -0.39 is 17.9 Å². The lowest BCUT2D eigenvalue weighted by atomic mass is 10.0. The molecule has 0 saturated carbocycles. The van der Waals surface area contributed by atoms with Crippen molar-refractivity contribution in [2.45, 2.75) is 40.7 Å². The predicted molar refractivity (Wildman–Crippen MR) is 102 cm³/mol. The summed E-state index contributed by atoms with van der Waals surface area (Å²) in [6, 6.07) is 6.34. The van der Waals surface area contributed by atoms with Crippen LogP contribution in [0.15, 0.2) is 24.3 Å². The van der Waals surface area contributed by atoms with Gasteiger partial charge in [-0.1, -0.05) is 0 Å². The van der Waals surface area contributed by atoms with E-state index >= 15 is 0 Å². The molecule has 1 aromatic carbocycles. The Balaban J connectivity index is 1.96. The zero-order valence-electron chi connectivity index (χ0n) is 16.5. The van der Waals surface area contributed by atoms with Crippen molar-refractivity contribution in [1.82, 2.24) is 4.98 Å². The van der Waals surface area contributed by atoms with E-state index in [0.717, 1.165) is 0 Å². The molecule has 0 fully saturated rings. The van der Waals surface area contributed by atoms with Gasteiger partial charge in [-0.3, -0.25) is 14.4 Å². The van der Waals surface area contributed by atoms with Crippen LogP contribution >= 0.6 is 0 Å². The van der Waals surface area contributed by atoms with Crippen molar-refractivity contribution in [3.63, 3.8) is 0 Å². The van der Waals surface area contributed by atoms with Crippen molar-refractivity contribution >= 4 is 23.3 Å². The Hall–Kier alpha value is -3.22. The fraction of sp³-hybridized carbons (Fsp3) is 0.333. The molecular weight excluding hydrogens is 362 g/mol. The van der Waals surface area contributed by atoms with Crippen molar-refractivity contribution in [2.75, 3.05) is 6.61 Å². The first-order valence-corrected chi connectivity index (χ1v) is 8.79. The fourth-order valence-electron chi connectivity index (χ4n) is 2.94. The third-order valence-electron chi connectivity index (χ3n) is 4.33. The molecule has 0 aliphatic carbocycles. The number of nitrogens with one attached hydrogen (secondary N) is 1. The van der Waals surface area contributed by atoms with E-state index in [4.69, 9.17) is 9.47 Å². The second-order valence-corrected chi connectivity index (χ2v) is 6.55. The van der Waals surface area contributed by atoms with Gasteiger partial charge in [-0.2, -0.15) is 0 Å². The Morgan fingerprint density at radius 1 is 1.00 bits per heavy atom. The SMILES string of the molecule is CC(=O)c1ccc(OCC(=O)OC(C)C(=O)c2[nH]c(C)c(C(C)=O)c2C)cc1. The zero-order chi connectivity index (χ0) is 21.0. The summed E-state index contributed by atoms with van der Waals surface area (Å²) in [7, 11) is 0. The average Bonchev–Trinajstić information content (AvgIpc) is 2.93. The third kappa shape index (κ3) is 4.73. The number of H-pyrrole nitrogens is 1. The van der Waals surface area contributed by atoms with Crippen LogP contribution in [0.2, 0.25) is 0 Å². The zero-order valence-corrected chi connectivity index (χ0v) is 16.5. The first-order valence-electron chi connectivity index (χ1n) is 8.79. The molecule has 0 spiro atoms. The van der Waals surface area contributed by atoms with E-state index in [-0.39, 0.29) is 23.9 Å². The third-order valence-corrected chi connectivity index (χ3v) is 4.33. The summed E-state index contributed by atoms with van der Waals surface area (Å²) >= 11 is 0. The number of carbonyl (C=O) groups is 4. The highest BCUT2D eigenvalue weighted by molar-refractivity contribution is 6.05. The van der Waals surface area contributed by atoms with Crippen LogP contribution in [0.5, 0.6) is 5.75 Å². The standard InChI is InChI=1S/C21H23NO6/c1-11-19(14(4)24)12(2)22-20(11)21(26)15(5)28-18(25)10-27-17-8-6-16(7-9-17)13(3)23/h6-9,15,22H,10H2,1-5H3. The van der Waals surface area contributed by atoms with Crippen LogP contribution in [0.3, 0.4) is 0 Å². The van der Waals surface area contributed by atoms with Crippen molar-refractivity contribution in [3.05, 3.63) is 52.3 Å². The quantitative estimate of drug-likeness (QED) is 0.553. The smallest absolute Gasteiger partial charge is 0.344 e. The minimum Gasteiger partial charge on any atom is -0.482 e. The van der Waals surface area contributed by atoms with Gasteiger partial charge in [0.05, 0.1) is 5.69 Å². The number of aryl methyl sites for hydroxylation is 1. The van der Waals surface area contributed by atoms with E-state index in [2.05, 4.69) is 4.98 Å². The largest absolute Gasteiger partial charge is 0.482 e. The molecule has 0 aliphatic rings. The highest BCUT2D eigenvalue weighted by atomic mass is 16.6. The topological polar surface area (TPSA) is 103 Å². The number of aromatic amines is 1. The van der Waals surface area contributed by atoms with E-state index in [0.29, 0.717) is 28.1 Å². The van der Waals surface area contributed by atoms with Gasteiger partial charge in [0.25, 0.3) is 0 Å². The molecule has 1 atom stereocenters. The van der Waals surface area contributed by atoms with Gasteiger partial charge in [0.15, 0.2) is 24.3 Å². The summed E-state index contributed by atoms with van der Waals surface area (Å²) in [5.74, 6) is -0.931. The van der Waals surface area contributed by atoms with Crippen LogP contribution in [0.1, 0.15) is 63.2 Å². The maximum Gasteiger partial charge on any atom is 0.344 e. The number of hydrogen-bond donors (Lipinski definition) is 1. The van der Waals surface area contributed by atoms with E-state index in [1.807, 2.05) is 0 Å². The van der Waals surface area contributed by atoms with Gasteiger partial charge in [-0.25, -0.2) is 4.79 Å². The minimum atomic E-state index is -1.03. The Morgan fingerprint density at radius 3 is 2.11 bits per heavy atom. The monoisotopic (exact) mass is 385 g/mol. The number of esters is 1. The molecule has 0 bridgehead atoms. The maximum atomic E-state index is 12.6. The van der Waals surface area contributed by atoms with Crippen molar-refractivity contribution in [3.8, 4) is 5.75 Å². The Bertz CT molecular complexity index is 923. The molecule has 2 rings (SSSR count). The number of Topliss-reactive ketones (excluding diaryl/α,β-unsaturated/α-hetero) is 3. The summed E-state index contributed by atoms with van der Waals surface area (Å²) in [6.45, 7) is 7.36. The molecule has 0 aliphatic heterocycles. The highest BCUT2D eigenvalue weighted by Gasteiger charge is 2.26. The normalized spacial score (nSPS) is 11.6. The van der Waals surface area contributed by atoms with Gasteiger partial charge in [0, 0.05) is 16.8 Å². The van der Waals surface area contributed by atoms with Crippen LogP contribution in [0.4, 0.5) is 0 Å². The van der Waals surface area contributed by atoms with Gasteiger partial charge in [0.2, 0.25) is 5.78 Å². The van der Waals surface area contributed by atoms with Crippen LogP contribution in [-0.2, 0) is 9.53 Å². The first-order chi connectivity index (χ1) is 13.1. The van der Waals surface area contributed by atoms with Crippen LogP contribution < -0.4 is 4.74 Å². The number of carbonyl (C=O) groups excluding carboxylic acids is 4. The summed E-state index contributed by atoms with van der Waals surface area (Å²) < 4.78 is 10.5. The molecule has 28 heavy (non-hydrogen) atoms. The van der Waals surface area contributed by atoms with E-state index in [9.17, 15) is 19.2 Å². The summed E-state index contributed by atoms with van der Waals surface area (Å²) in [4.78, 5) is 50.4. The molecule has 1 unspecified atom stereocenters.